The van der Waals surface area contributed by atoms with Gasteiger partial charge in [0.15, 0.2) is 0 Å². The molecule has 1 aromatic carbocycles. The minimum atomic E-state index is -0.270. The number of rotatable bonds is 4. The van der Waals surface area contributed by atoms with E-state index < -0.39 is 0 Å². The predicted octanol–water partition coefficient (Wildman–Crippen LogP) is 3.80. The lowest BCUT2D eigenvalue weighted by molar-refractivity contribution is 0.0926. The van der Waals surface area contributed by atoms with Crippen molar-refractivity contribution in [3.63, 3.8) is 0 Å². The van der Waals surface area contributed by atoms with Crippen LogP contribution in [-0.4, -0.2) is 12.1 Å². The third-order valence-electron chi connectivity index (χ3n) is 3.58. The first kappa shape index (κ1) is 15.0. The molecule has 2 nitrogen and oxygen atoms in total. The van der Waals surface area contributed by atoms with Crippen LogP contribution in [0.1, 0.15) is 52.2 Å². The largest absolute Gasteiger partial charge is 0.486 e. The number of ether oxygens (including phenoxy) is 1. The van der Waals surface area contributed by atoms with Crippen LogP contribution >= 0.6 is 0 Å². The van der Waals surface area contributed by atoms with Crippen molar-refractivity contribution < 1.29 is 4.74 Å². The van der Waals surface area contributed by atoms with Crippen LogP contribution in [-0.2, 0) is 5.41 Å². The fourth-order valence-corrected chi connectivity index (χ4v) is 1.75. The van der Waals surface area contributed by atoms with Crippen LogP contribution in [0.2, 0.25) is 0 Å². The zero-order valence-corrected chi connectivity index (χ0v) is 12.6. The molecule has 0 heterocycles. The Bertz CT molecular complexity index is 400. The van der Waals surface area contributed by atoms with Crippen molar-refractivity contribution in [1.82, 2.24) is 0 Å². The van der Waals surface area contributed by atoms with Crippen molar-refractivity contribution in [2.24, 2.45) is 5.73 Å². The van der Waals surface area contributed by atoms with E-state index in [-0.39, 0.29) is 11.0 Å². The highest BCUT2D eigenvalue weighted by atomic mass is 16.5. The first-order valence-corrected chi connectivity index (χ1v) is 6.72. The highest BCUT2D eigenvalue weighted by molar-refractivity contribution is 5.39. The van der Waals surface area contributed by atoms with Crippen molar-refractivity contribution in [3.8, 4) is 5.75 Å². The van der Waals surface area contributed by atoms with E-state index in [1.54, 1.807) is 0 Å². The SMILES string of the molecule is CCC(C)(CN)Oc1ccc(C(C)(C)C)cc1C. The smallest absolute Gasteiger partial charge is 0.123 e. The minimum Gasteiger partial charge on any atom is -0.486 e. The van der Waals surface area contributed by atoms with Gasteiger partial charge in [-0.05, 0) is 42.9 Å². The van der Waals surface area contributed by atoms with Gasteiger partial charge in [-0.2, -0.15) is 0 Å². The van der Waals surface area contributed by atoms with Gasteiger partial charge in [-0.15, -0.1) is 0 Å². The van der Waals surface area contributed by atoms with Crippen LogP contribution < -0.4 is 10.5 Å². The molecular weight excluding hydrogens is 222 g/mol. The van der Waals surface area contributed by atoms with Gasteiger partial charge < -0.3 is 10.5 Å². The van der Waals surface area contributed by atoms with E-state index in [2.05, 4.69) is 59.7 Å². The zero-order valence-electron chi connectivity index (χ0n) is 12.6. The summed E-state index contributed by atoms with van der Waals surface area (Å²) >= 11 is 0. The molecule has 1 aromatic rings. The number of hydrogen-bond donors (Lipinski definition) is 1. The molecule has 0 aliphatic rings. The van der Waals surface area contributed by atoms with E-state index >= 15 is 0 Å². The van der Waals surface area contributed by atoms with Crippen molar-refractivity contribution in [1.29, 1.82) is 0 Å². The quantitative estimate of drug-likeness (QED) is 0.881. The Hall–Kier alpha value is -1.02. The molecule has 102 valence electrons. The molecule has 1 rings (SSSR count). The van der Waals surface area contributed by atoms with E-state index in [1.165, 1.54) is 11.1 Å². The summed E-state index contributed by atoms with van der Waals surface area (Å²) in [6.07, 6.45) is 0.907. The van der Waals surface area contributed by atoms with Crippen molar-refractivity contribution in [2.75, 3.05) is 6.54 Å². The van der Waals surface area contributed by atoms with Gasteiger partial charge in [0, 0.05) is 6.54 Å². The summed E-state index contributed by atoms with van der Waals surface area (Å²) in [4.78, 5) is 0. The van der Waals surface area contributed by atoms with E-state index in [9.17, 15) is 0 Å². The molecule has 1 unspecified atom stereocenters. The monoisotopic (exact) mass is 249 g/mol. The molecule has 0 amide bonds. The molecule has 0 aromatic heterocycles. The Morgan fingerprint density at radius 3 is 2.17 bits per heavy atom. The van der Waals surface area contributed by atoms with Gasteiger partial charge in [-0.1, -0.05) is 39.8 Å². The van der Waals surface area contributed by atoms with Crippen LogP contribution in [0.5, 0.6) is 5.75 Å². The number of hydrogen-bond acceptors (Lipinski definition) is 2. The van der Waals surface area contributed by atoms with Crippen molar-refractivity contribution >= 4 is 0 Å². The molecule has 0 fully saturated rings. The first-order chi connectivity index (χ1) is 8.22. The van der Waals surface area contributed by atoms with Crippen LogP contribution in [0.15, 0.2) is 18.2 Å². The molecule has 0 radical (unpaired) electrons. The number of benzene rings is 1. The second-order valence-corrected chi connectivity index (χ2v) is 6.34. The van der Waals surface area contributed by atoms with E-state index in [4.69, 9.17) is 10.5 Å². The lowest BCUT2D eigenvalue weighted by atomic mass is 9.86. The maximum atomic E-state index is 6.07. The first-order valence-electron chi connectivity index (χ1n) is 6.72. The zero-order chi connectivity index (χ0) is 14.0. The number of nitrogens with two attached hydrogens (primary N) is 1. The molecule has 2 heteroatoms. The predicted molar refractivity (Wildman–Crippen MR) is 78.3 cm³/mol. The molecule has 18 heavy (non-hydrogen) atoms. The molecule has 2 N–H and O–H groups in total. The molecule has 0 bridgehead atoms. The molecule has 0 spiro atoms. The summed E-state index contributed by atoms with van der Waals surface area (Å²) in [5.41, 5.74) is 8.20. The number of aryl methyl sites for hydroxylation is 1. The highest BCUT2D eigenvalue weighted by Gasteiger charge is 2.23. The van der Waals surface area contributed by atoms with E-state index in [0.717, 1.165) is 12.2 Å². The fourth-order valence-electron chi connectivity index (χ4n) is 1.75. The van der Waals surface area contributed by atoms with Gasteiger partial charge in [0.25, 0.3) is 0 Å². The maximum absolute atomic E-state index is 6.07. The fraction of sp³-hybridized carbons (Fsp3) is 0.625. The minimum absolute atomic E-state index is 0.172. The molecular formula is C16H27NO. The topological polar surface area (TPSA) is 35.2 Å². The Morgan fingerprint density at radius 2 is 1.78 bits per heavy atom. The van der Waals surface area contributed by atoms with Crippen LogP contribution in [0.3, 0.4) is 0 Å². The summed E-state index contributed by atoms with van der Waals surface area (Å²) in [5.74, 6) is 0.942. The molecule has 0 aliphatic heterocycles. The van der Waals surface area contributed by atoms with Gasteiger partial charge >= 0.3 is 0 Å². The third kappa shape index (κ3) is 3.49. The van der Waals surface area contributed by atoms with Gasteiger partial charge in [-0.25, -0.2) is 0 Å². The van der Waals surface area contributed by atoms with Gasteiger partial charge in [0.05, 0.1) is 0 Å². The molecule has 0 saturated carbocycles. The standard InChI is InChI=1S/C16H27NO/c1-7-16(6,11-17)18-14-9-8-13(10-12(14)2)15(3,4)5/h8-10H,7,11,17H2,1-6H3. The third-order valence-corrected chi connectivity index (χ3v) is 3.58. The second kappa shape index (κ2) is 5.31. The summed E-state index contributed by atoms with van der Waals surface area (Å²) in [6, 6.07) is 6.43. The van der Waals surface area contributed by atoms with E-state index in [1.807, 2.05) is 0 Å². The normalized spacial score (nSPS) is 15.3. The Morgan fingerprint density at radius 1 is 1.17 bits per heavy atom. The summed E-state index contributed by atoms with van der Waals surface area (Å²) in [6.45, 7) is 13.5. The summed E-state index contributed by atoms with van der Waals surface area (Å²) < 4.78 is 6.07. The Labute approximate surface area is 112 Å². The average molecular weight is 249 g/mol. The van der Waals surface area contributed by atoms with Crippen molar-refractivity contribution in [2.45, 2.75) is 59.0 Å². The Kier molecular flexibility index (Phi) is 4.44. The molecule has 0 saturated heterocycles. The summed E-state index contributed by atoms with van der Waals surface area (Å²) in [7, 11) is 0. The summed E-state index contributed by atoms with van der Waals surface area (Å²) in [5, 5.41) is 0. The van der Waals surface area contributed by atoms with Crippen LogP contribution in [0.4, 0.5) is 0 Å². The van der Waals surface area contributed by atoms with Gasteiger partial charge in [-0.3, -0.25) is 0 Å². The van der Waals surface area contributed by atoms with Crippen LogP contribution in [0, 0.1) is 6.92 Å². The van der Waals surface area contributed by atoms with E-state index in [0.29, 0.717) is 6.54 Å². The van der Waals surface area contributed by atoms with Gasteiger partial charge in [0.1, 0.15) is 11.4 Å². The van der Waals surface area contributed by atoms with Crippen molar-refractivity contribution in [3.05, 3.63) is 29.3 Å². The molecule has 0 aliphatic carbocycles. The maximum Gasteiger partial charge on any atom is 0.123 e. The second-order valence-electron chi connectivity index (χ2n) is 6.34. The molecule has 1 atom stereocenters. The van der Waals surface area contributed by atoms with Crippen LogP contribution in [0.25, 0.3) is 0 Å². The highest BCUT2D eigenvalue weighted by Crippen LogP contribution is 2.29. The lowest BCUT2D eigenvalue weighted by Crippen LogP contribution is -2.40. The average Bonchev–Trinajstić information content (AvgIpc) is 2.30. The van der Waals surface area contributed by atoms with Gasteiger partial charge in [0.2, 0.25) is 0 Å². The lowest BCUT2D eigenvalue weighted by Gasteiger charge is -2.29. The Balaban J connectivity index is 3.00.